The Kier molecular flexibility index (Phi) is 7.11. The summed E-state index contributed by atoms with van der Waals surface area (Å²) in [7, 11) is 0. The SMILES string of the molecule is C=CCn1c(N)cc(=O)nc1SC(CC)C(=O)Nc1nc2ccc(OCC)cc2s1. The minimum absolute atomic E-state index is 0.214. The Morgan fingerprint density at radius 1 is 1.40 bits per heavy atom. The maximum Gasteiger partial charge on any atom is 0.275 e. The van der Waals surface area contributed by atoms with E-state index < -0.39 is 10.8 Å². The fourth-order valence-corrected chi connectivity index (χ4v) is 4.69. The molecule has 0 aliphatic rings. The van der Waals surface area contributed by atoms with Gasteiger partial charge in [0.2, 0.25) is 5.91 Å². The van der Waals surface area contributed by atoms with Gasteiger partial charge in [0.05, 0.1) is 22.1 Å². The van der Waals surface area contributed by atoms with Gasteiger partial charge in [-0.2, -0.15) is 4.98 Å². The van der Waals surface area contributed by atoms with E-state index in [0.717, 1.165) is 16.0 Å². The van der Waals surface area contributed by atoms with Crippen LogP contribution in [0.15, 0.2) is 46.9 Å². The molecule has 3 rings (SSSR count). The molecule has 3 N–H and O–H groups in total. The number of rotatable bonds is 9. The number of nitrogens with zero attached hydrogens (tertiary/aromatic N) is 3. The molecule has 0 bridgehead atoms. The molecule has 2 heterocycles. The molecule has 1 aromatic carbocycles. The van der Waals surface area contributed by atoms with Gasteiger partial charge in [0, 0.05) is 12.6 Å². The molecule has 1 unspecified atom stereocenters. The van der Waals surface area contributed by atoms with Crippen LogP contribution in [0.3, 0.4) is 0 Å². The van der Waals surface area contributed by atoms with E-state index in [1.165, 1.54) is 29.2 Å². The van der Waals surface area contributed by atoms with Gasteiger partial charge in [-0.15, -0.1) is 6.58 Å². The molecule has 3 aromatic rings. The Hall–Kier alpha value is -2.85. The largest absolute Gasteiger partial charge is 0.494 e. The lowest BCUT2D eigenvalue weighted by Gasteiger charge is -2.17. The van der Waals surface area contributed by atoms with Crippen molar-refractivity contribution in [3.8, 4) is 5.75 Å². The summed E-state index contributed by atoms with van der Waals surface area (Å²) in [5.74, 6) is 0.832. The van der Waals surface area contributed by atoms with Crippen LogP contribution in [0, 0.1) is 0 Å². The van der Waals surface area contributed by atoms with Crippen LogP contribution in [-0.2, 0) is 11.3 Å². The predicted octanol–water partition coefficient (Wildman–Crippen LogP) is 3.53. The average molecular weight is 446 g/mol. The Morgan fingerprint density at radius 3 is 2.90 bits per heavy atom. The number of anilines is 2. The zero-order valence-corrected chi connectivity index (χ0v) is 18.4. The van der Waals surface area contributed by atoms with Gasteiger partial charge in [-0.3, -0.25) is 9.59 Å². The van der Waals surface area contributed by atoms with E-state index in [4.69, 9.17) is 10.5 Å². The molecule has 1 amide bonds. The number of amides is 1. The number of thiazole rings is 1. The first-order chi connectivity index (χ1) is 14.4. The first-order valence-electron chi connectivity index (χ1n) is 9.44. The molecule has 8 nitrogen and oxygen atoms in total. The van der Waals surface area contributed by atoms with Gasteiger partial charge < -0.3 is 20.4 Å². The van der Waals surface area contributed by atoms with Crippen molar-refractivity contribution in [3.63, 3.8) is 0 Å². The predicted molar refractivity (Wildman–Crippen MR) is 122 cm³/mol. The number of ether oxygens (including phenoxy) is 1. The molecule has 10 heteroatoms. The third kappa shape index (κ3) is 5.00. The Morgan fingerprint density at radius 2 is 2.20 bits per heavy atom. The number of nitrogens with one attached hydrogen (secondary N) is 1. The molecule has 30 heavy (non-hydrogen) atoms. The number of aromatic nitrogens is 3. The van der Waals surface area contributed by atoms with E-state index in [2.05, 4.69) is 21.9 Å². The van der Waals surface area contributed by atoms with Gasteiger partial charge in [0.1, 0.15) is 11.6 Å². The second kappa shape index (κ2) is 9.77. The highest BCUT2D eigenvalue weighted by Gasteiger charge is 2.22. The first-order valence-corrected chi connectivity index (χ1v) is 11.1. The molecular formula is C20H23N5O3S2. The van der Waals surface area contributed by atoms with Crippen LogP contribution >= 0.6 is 23.1 Å². The standard InChI is InChI=1S/C20H23N5O3S2/c1-4-9-25-16(21)11-17(26)23-20(25)30-14(5-2)18(27)24-19-22-13-8-7-12(28-6-3)10-15(13)29-19/h4,7-8,10-11,14H,1,5-6,9,21H2,2-3H3,(H,22,24,27). The summed E-state index contributed by atoms with van der Waals surface area (Å²) in [6.07, 6.45) is 2.19. The topological polar surface area (TPSA) is 112 Å². The molecular weight excluding hydrogens is 422 g/mol. The summed E-state index contributed by atoms with van der Waals surface area (Å²) in [5, 5.41) is 3.29. The van der Waals surface area contributed by atoms with Crippen molar-refractivity contribution in [2.75, 3.05) is 17.7 Å². The highest BCUT2D eigenvalue weighted by Crippen LogP contribution is 2.31. The lowest BCUT2D eigenvalue weighted by Crippen LogP contribution is -2.26. The molecule has 158 valence electrons. The number of carbonyl (C=O) groups excluding carboxylic acids is 1. The highest BCUT2D eigenvalue weighted by atomic mass is 32.2. The number of fused-ring (bicyclic) bond motifs is 1. The number of hydrogen-bond acceptors (Lipinski definition) is 8. The molecule has 0 saturated carbocycles. The Labute approximate surface area is 182 Å². The van der Waals surface area contributed by atoms with Gasteiger partial charge in [-0.25, -0.2) is 4.98 Å². The van der Waals surface area contributed by atoms with E-state index in [-0.39, 0.29) is 11.7 Å². The lowest BCUT2D eigenvalue weighted by molar-refractivity contribution is -0.115. The second-order valence-corrected chi connectivity index (χ2v) is 8.49. The lowest BCUT2D eigenvalue weighted by atomic mass is 10.3. The van der Waals surface area contributed by atoms with Gasteiger partial charge in [0.25, 0.3) is 5.56 Å². The Balaban J connectivity index is 1.79. The van der Waals surface area contributed by atoms with Crippen molar-refractivity contribution in [2.45, 2.75) is 37.2 Å². The van der Waals surface area contributed by atoms with Crippen LogP contribution in [-0.4, -0.2) is 32.3 Å². The Bertz CT molecular complexity index is 1130. The molecule has 0 aliphatic heterocycles. The minimum atomic E-state index is -0.472. The third-order valence-corrected chi connectivity index (χ3v) is 6.43. The quantitative estimate of drug-likeness (QED) is 0.294. The van der Waals surface area contributed by atoms with E-state index in [1.807, 2.05) is 32.0 Å². The van der Waals surface area contributed by atoms with Crippen LogP contribution < -0.4 is 21.3 Å². The minimum Gasteiger partial charge on any atom is -0.494 e. The number of hydrogen-bond donors (Lipinski definition) is 2. The van der Waals surface area contributed by atoms with E-state index in [9.17, 15) is 9.59 Å². The van der Waals surface area contributed by atoms with E-state index >= 15 is 0 Å². The maximum atomic E-state index is 12.9. The van der Waals surface area contributed by atoms with Crippen LogP contribution in [0.5, 0.6) is 5.75 Å². The van der Waals surface area contributed by atoms with Crippen molar-refractivity contribution in [1.82, 2.24) is 14.5 Å². The van der Waals surface area contributed by atoms with Gasteiger partial charge >= 0.3 is 0 Å². The first kappa shape index (κ1) is 21.8. The van der Waals surface area contributed by atoms with Crippen LogP contribution in [0.1, 0.15) is 20.3 Å². The maximum absolute atomic E-state index is 12.9. The summed E-state index contributed by atoms with van der Waals surface area (Å²) >= 11 is 2.58. The van der Waals surface area contributed by atoms with Gasteiger partial charge in [-0.1, -0.05) is 36.1 Å². The van der Waals surface area contributed by atoms with Crippen molar-refractivity contribution >= 4 is 50.2 Å². The zero-order chi connectivity index (χ0) is 21.7. The smallest absolute Gasteiger partial charge is 0.275 e. The number of allylic oxidation sites excluding steroid dienone is 1. The fraction of sp³-hybridized carbons (Fsp3) is 0.300. The summed E-state index contributed by atoms with van der Waals surface area (Å²) in [5.41, 5.74) is 6.29. The molecule has 1 atom stereocenters. The third-order valence-electron chi connectivity index (χ3n) is 4.14. The van der Waals surface area contributed by atoms with Gasteiger partial charge in [-0.05, 0) is 31.5 Å². The van der Waals surface area contributed by atoms with E-state index in [1.54, 1.807) is 10.6 Å². The number of nitrogen functional groups attached to an aromatic ring is 1. The number of benzene rings is 1. The zero-order valence-electron chi connectivity index (χ0n) is 16.8. The van der Waals surface area contributed by atoms with Gasteiger partial charge in [0.15, 0.2) is 10.3 Å². The molecule has 0 saturated heterocycles. The summed E-state index contributed by atoms with van der Waals surface area (Å²) in [6, 6.07) is 6.88. The molecule has 0 spiro atoms. The average Bonchev–Trinajstić information content (AvgIpc) is 3.10. The molecule has 0 aliphatic carbocycles. The molecule has 0 fully saturated rings. The van der Waals surface area contributed by atoms with Crippen LogP contribution in [0.4, 0.5) is 10.9 Å². The van der Waals surface area contributed by atoms with Crippen molar-refractivity contribution in [1.29, 1.82) is 0 Å². The highest BCUT2D eigenvalue weighted by molar-refractivity contribution is 8.00. The summed E-state index contributed by atoms with van der Waals surface area (Å²) < 4.78 is 8.09. The number of carbonyl (C=O) groups is 1. The number of thioether (sulfide) groups is 1. The van der Waals surface area contributed by atoms with Crippen molar-refractivity contribution in [2.24, 2.45) is 0 Å². The molecule has 0 radical (unpaired) electrons. The fourth-order valence-electron chi connectivity index (χ4n) is 2.75. The summed E-state index contributed by atoms with van der Waals surface area (Å²) in [4.78, 5) is 33.2. The van der Waals surface area contributed by atoms with Crippen molar-refractivity contribution in [3.05, 3.63) is 47.3 Å². The van der Waals surface area contributed by atoms with E-state index in [0.29, 0.717) is 29.9 Å². The van der Waals surface area contributed by atoms with Crippen molar-refractivity contribution < 1.29 is 9.53 Å². The van der Waals surface area contributed by atoms with Crippen LogP contribution in [0.2, 0.25) is 0 Å². The summed E-state index contributed by atoms with van der Waals surface area (Å²) in [6.45, 7) is 8.49. The van der Waals surface area contributed by atoms with Crippen LogP contribution in [0.25, 0.3) is 10.2 Å². The normalized spacial score (nSPS) is 11.9. The molecule has 2 aromatic heterocycles. The monoisotopic (exact) mass is 445 g/mol. The number of nitrogens with two attached hydrogens (primary N) is 1. The second-order valence-electron chi connectivity index (χ2n) is 6.29.